The summed E-state index contributed by atoms with van der Waals surface area (Å²) in [7, 11) is 1.50. The van der Waals surface area contributed by atoms with Gasteiger partial charge in [0.1, 0.15) is 41.5 Å². The van der Waals surface area contributed by atoms with Gasteiger partial charge in [-0.15, -0.1) is 0 Å². The molecular formula is C65H81F2N13O2. The highest BCUT2D eigenvalue weighted by Crippen LogP contribution is 2.30. The molecule has 432 valence electrons. The van der Waals surface area contributed by atoms with Crippen molar-refractivity contribution in [1.82, 2.24) is 30.6 Å². The second-order valence-electron chi connectivity index (χ2n) is 17.4. The number of carbonyl (C=O) groups is 1. The fraction of sp³-hybridized carbons (Fsp3) is 0.292. The SMILES string of the molecule is C=C(NC(C)c1ccc(F)cc1)c1cc(CCOCCC)cnc1NCc1ccc(/C(=C/CC)c2c(C)ncnc2N)cc1.C=N/C=C(C#N)\C=C(/CC#Cc1cnc(N)c(C=N)c1)C(=O)NC(C)c1ccc(F)cc1.CC.CC.CN. The number of pyridine rings is 2. The summed E-state index contributed by atoms with van der Waals surface area (Å²) in [6, 6.07) is 25.9. The van der Waals surface area contributed by atoms with E-state index in [1.807, 2.05) is 53.8 Å². The van der Waals surface area contributed by atoms with Crippen molar-refractivity contribution in [3.8, 4) is 17.9 Å². The number of aromatic nitrogens is 4. The number of halogens is 2. The van der Waals surface area contributed by atoms with Crippen molar-refractivity contribution < 1.29 is 18.3 Å². The fourth-order valence-corrected chi connectivity index (χ4v) is 7.63. The van der Waals surface area contributed by atoms with E-state index in [9.17, 15) is 18.8 Å². The Morgan fingerprint density at radius 1 is 0.841 bits per heavy atom. The quantitative estimate of drug-likeness (QED) is 0.00837. The maximum absolute atomic E-state index is 13.5. The number of amides is 1. The van der Waals surface area contributed by atoms with Crippen LogP contribution < -0.4 is 33.2 Å². The molecule has 0 aliphatic rings. The Kier molecular flexibility index (Phi) is 32.3. The molecule has 1 amide bonds. The summed E-state index contributed by atoms with van der Waals surface area (Å²) in [5.41, 5.74) is 27.0. The molecular weight excluding hydrogens is 1030 g/mol. The van der Waals surface area contributed by atoms with E-state index < -0.39 is 11.9 Å². The largest absolute Gasteiger partial charge is 0.383 e. The van der Waals surface area contributed by atoms with E-state index >= 15 is 0 Å². The molecule has 0 saturated heterocycles. The predicted molar refractivity (Wildman–Crippen MR) is 333 cm³/mol. The number of hydrogen-bond donors (Lipinski definition) is 7. The van der Waals surface area contributed by atoms with E-state index in [0.29, 0.717) is 30.1 Å². The van der Waals surface area contributed by atoms with Crippen molar-refractivity contribution in [2.24, 2.45) is 10.7 Å². The van der Waals surface area contributed by atoms with Crippen LogP contribution in [0.1, 0.15) is 143 Å². The van der Waals surface area contributed by atoms with Gasteiger partial charge in [-0.05, 0) is 130 Å². The van der Waals surface area contributed by atoms with Crippen molar-refractivity contribution in [2.75, 3.05) is 37.0 Å². The zero-order chi connectivity index (χ0) is 61.0. The van der Waals surface area contributed by atoms with Crippen LogP contribution in [-0.4, -0.2) is 59.0 Å². The second kappa shape index (κ2) is 38.4. The molecule has 0 radical (unpaired) electrons. The first-order valence-corrected chi connectivity index (χ1v) is 27.2. The highest BCUT2D eigenvalue weighted by atomic mass is 19.1. The zero-order valence-corrected chi connectivity index (χ0v) is 49.1. The number of ether oxygens (including phenoxy) is 1. The first-order valence-electron chi connectivity index (χ1n) is 27.2. The minimum absolute atomic E-state index is 0.0302. The summed E-state index contributed by atoms with van der Waals surface area (Å²) in [5, 5.41) is 26.4. The van der Waals surface area contributed by atoms with Gasteiger partial charge in [0.15, 0.2) is 0 Å². The van der Waals surface area contributed by atoms with Crippen LogP contribution in [0.5, 0.6) is 0 Å². The Morgan fingerprint density at radius 3 is 2.02 bits per heavy atom. The summed E-state index contributed by atoms with van der Waals surface area (Å²) in [5.74, 6) is 6.12. The molecule has 2 unspecified atom stereocenters. The number of nitriles is 1. The van der Waals surface area contributed by atoms with Gasteiger partial charge in [0.2, 0.25) is 5.91 Å². The Bertz CT molecular complexity index is 3150. The minimum Gasteiger partial charge on any atom is -0.383 e. The lowest BCUT2D eigenvalue weighted by Gasteiger charge is -2.21. The maximum Gasteiger partial charge on any atom is 0.248 e. The summed E-state index contributed by atoms with van der Waals surface area (Å²) < 4.78 is 32.3. The average Bonchev–Trinajstić information content (AvgIpc) is 3.61. The van der Waals surface area contributed by atoms with E-state index in [-0.39, 0.29) is 41.1 Å². The van der Waals surface area contributed by atoms with Gasteiger partial charge in [-0.1, -0.05) is 115 Å². The van der Waals surface area contributed by atoms with Crippen molar-refractivity contribution in [3.05, 3.63) is 207 Å². The lowest BCUT2D eigenvalue weighted by Crippen LogP contribution is -2.28. The Hall–Kier alpha value is -9.16. The number of aliphatic imine (C=N–C) groups is 1. The van der Waals surface area contributed by atoms with Crippen molar-refractivity contribution in [2.45, 2.75) is 107 Å². The number of nitrogen functional groups attached to an aromatic ring is 2. The molecule has 0 aliphatic heterocycles. The van der Waals surface area contributed by atoms with E-state index in [1.54, 1.807) is 37.3 Å². The molecule has 6 aromatic rings. The van der Waals surface area contributed by atoms with E-state index in [4.69, 9.17) is 26.6 Å². The third-order valence-electron chi connectivity index (χ3n) is 11.7. The zero-order valence-electron chi connectivity index (χ0n) is 49.1. The molecule has 17 heteroatoms. The molecule has 0 spiro atoms. The lowest BCUT2D eigenvalue weighted by atomic mass is 9.95. The van der Waals surface area contributed by atoms with Gasteiger partial charge in [0.25, 0.3) is 0 Å². The van der Waals surface area contributed by atoms with Gasteiger partial charge >= 0.3 is 0 Å². The van der Waals surface area contributed by atoms with Crippen LogP contribution in [0, 0.1) is 47.1 Å². The van der Waals surface area contributed by atoms with Gasteiger partial charge in [0.05, 0.1) is 23.9 Å². The summed E-state index contributed by atoms with van der Waals surface area (Å²) in [4.78, 5) is 33.8. The molecule has 0 bridgehead atoms. The van der Waals surface area contributed by atoms with E-state index in [0.717, 1.165) is 93.8 Å². The van der Waals surface area contributed by atoms with Gasteiger partial charge in [-0.2, -0.15) is 5.26 Å². The monoisotopic (exact) mass is 1110 g/mol. The molecule has 10 N–H and O–H groups in total. The third kappa shape index (κ3) is 22.5. The minimum atomic E-state index is -0.433. The normalized spacial score (nSPS) is 11.4. The van der Waals surface area contributed by atoms with Crippen LogP contribution in [0.2, 0.25) is 0 Å². The number of anilines is 3. The smallest absolute Gasteiger partial charge is 0.248 e. The topological polar surface area (TPSA) is 252 Å². The molecule has 6 rings (SSSR count). The van der Waals surface area contributed by atoms with Crippen LogP contribution in [-0.2, 0) is 22.5 Å². The summed E-state index contributed by atoms with van der Waals surface area (Å²) in [6.07, 6.45) is 13.4. The third-order valence-corrected chi connectivity index (χ3v) is 11.7. The van der Waals surface area contributed by atoms with Crippen LogP contribution in [0.3, 0.4) is 0 Å². The number of aryl methyl sites for hydroxylation is 1. The van der Waals surface area contributed by atoms with Gasteiger partial charge in [0, 0.05) is 83.9 Å². The highest BCUT2D eigenvalue weighted by molar-refractivity contribution is 5.95. The maximum atomic E-state index is 13.5. The first-order chi connectivity index (χ1) is 39.7. The highest BCUT2D eigenvalue weighted by Gasteiger charge is 2.17. The Morgan fingerprint density at radius 2 is 1.46 bits per heavy atom. The molecule has 0 aliphatic carbocycles. The molecule has 82 heavy (non-hydrogen) atoms. The molecule has 0 saturated carbocycles. The van der Waals surface area contributed by atoms with Gasteiger partial charge in [-0.3, -0.25) is 9.79 Å². The number of nitrogens with zero attached hydrogens (tertiary/aromatic N) is 6. The molecule has 3 aromatic carbocycles. The first kappa shape index (κ1) is 68.9. The molecule has 15 nitrogen and oxygen atoms in total. The van der Waals surface area contributed by atoms with E-state index in [1.165, 1.54) is 56.1 Å². The lowest BCUT2D eigenvalue weighted by molar-refractivity contribution is -0.118. The number of rotatable bonds is 22. The van der Waals surface area contributed by atoms with Gasteiger partial charge < -0.3 is 43.3 Å². The van der Waals surface area contributed by atoms with Crippen molar-refractivity contribution in [3.63, 3.8) is 0 Å². The molecule has 3 aromatic heterocycles. The van der Waals surface area contributed by atoms with Crippen molar-refractivity contribution in [1.29, 1.82) is 10.7 Å². The standard InChI is InChI=1S/C36H43FN6O.C24H21FN6O.2C2H6.CH5N/c1-6-8-32(34-26(5)41-23-42-35(34)38)30-11-9-27(10-12-30)21-39-36-33(20-28(22-40-36)17-19-44-18-7-2)25(4)43-24(3)29-13-15-31(37)16-14-29;1-16(19-6-8-22(25)9-7-19)31-24(32)20(11-18(12-26)14-29-2)5-3-4-17-10-21(13-27)23(28)30-15-17;3*1-2/h8-16,20,22-24,43H,4,6-7,17-19,21H2,1-3,5H3,(H,39,40)(H2,38,41,42);6-11,13-16,27H,2,5H2,1H3,(H2,28,30)(H,31,32);2*1-2H3;2H2,1H3/b32-8-;18-14+,20-11+,27-13?;;;. The van der Waals surface area contributed by atoms with E-state index in [2.05, 4.69) is 117 Å². The fourth-order valence-electron chi connectivity index (χ4n) is 7.63. The van der Waals surface area contributed by atoms with Crippen LogP contribution in [0.25, 0.3) is 11.3 Å². The average molecular weight is 1110 g/mol. The molecule has 3 heterocycles. The Balaban J connectivity index is 0.000000535. The Labute approximate surface area is 484 Å². The number of allylic oxidation sites excluding steroid dienone is 3. The second-order valence-corrected chi connectivity index (χ2v) is 17.4. The predicted octanol–water partition coefficient (Wildman–Crippen LogP) is 12.7. The molecule has 2 atom stereocenters. The number of nitrogens with two attached hydrogens (primary N) is 3. The molecule has 0 fully saturated rings. The van der Waals surface area contributed by atoms with Gasteiger partial charge in [-0.25, -0.2) is 28.7 Å². The van der Waals surface area contributed by atoms with Crippen LogP contribution in [0.15, 0.2) is 145 Å². The number of benzene rings is 3. The van der Waals surface area contributed by atoms with Crippen LogP contribution in [0.4, 0.5) is 26.2 Å². The summed E-state index contributed by atoms with van der Waals surface area (Å²) >= 11 is 0. The number of carbonyl (C=O) groups excluding carboxylic acids is 1. The summed E-state index contributed by atoms with van der Waals surface area (Å²) in [6.45, 7) is 27.6. The van der Waals surface area contributed by atoms with Crippen LogP contribution >= 0.6 is 0 Å². The number of hydrogen-bond acceptors (Lipinski definition) is 14. The van der Waals surface area contributed by atoms with Crippen molar-refractivity contribution >= 4 is 47.6 Å². The number of nitrogens with one attached hydrogen (secondary N) is 4.